The lowest BCUT2D eigenvalue weighted by Crippen LogP contribution is -2.16. The van der Waals surface area contributed by atoms with Crippen molar-refractivity contribution in [1.29, 1.82) is 0 Å². The highest BCUT2D eigenvalue weighted by Gasteiger charge is 2.41. The van der Waals surface area contributed by atoms with Crippen LogP contribution in [0.5, 0.6) is 0 Å². The third-order valence-corrected chi connectivity index (χ3v) is 5.06. The summed E-state index contributed by atoms with van der Waals surface area (Å²) in [6.07, 6.45) is 0.652. The molecular formula is C18H17F2N3O. The van der Waals surface area contributed by atoms with Gasteiger partial charge in [0.1, 0.15) is 5.69 Å². The first kappa shape index (κ1) is 15.1. The predicted molar refractivity (Wildman–Crippen MR) is 86.4 cm³/mol. The van der Waals surface area contributed by atoms with E-state index in [4.69, 9.17) is 0 Å². The molecule has 1 saturated carbocycles. The van der Waals surface area contributed by atoms with Gasteiger partial charge in [0.25, 0.3) is 12.3 Å². The molecule has 1 N–H and O–H groups in total. The maximum absolute atomic E-state index is 13.1. The maximum Gasteiger partial charge on any atom is 0.282 e. The number of carbonyl (C=O) groups excluding carboxylic acids is 1. The van der Waals surface area contributed by atoms with Crippen LogP contribution < -0.4 is 5.32 Å². The topological polar surface area (TPSA) is 46.9 Å². The highest BCUT2D eigenvalue weighted by Crippen LogP contribution is 2.58. The molecule has 2 aliphatic carbocycles. The van der Waals surface area contributed by atoms with E-state index >= 15 is 0 Å². The number of aryl methyl sites for hydroxylation is 1. The van der Waals surface area contributed by atoms with Crippen LogP contribution in [0.2, 0.25) is 0 Å². The molecule has 4 nitrogen and oxygen atoms in total. The van der Waals surface area contributed by atoms with E-state index in [2.05, 4.69) is 23.1 Å². The summed E-state index contributed by atoms with van der Waals surface area (Å²) in [7, 11) is 1.52. The molecule has 2 aliphatic rings. The number of benzene rings is 1. The van der Waals surface area contributed by atoms with E-state index in [1.807, 2.05) is 12.1 Å². The lowest BCUT2D eigenvalue weighted by molar-refractivity contribution is 0.101. The molecule has 0 saturated heterocycles. The smallest absolute Gasteiger partial charge is 0.282 e. The molecule has 6 heteroatoms. The summed E-state index contributed by atoms with van der Waals surface area (Å²) in [5.74, 6) is 0.0574. The molecule has 4 rings (SSSR count). The fourth-order valence-electron chi connectivity index (χ4n) is 4.05. The fraction of sp³-hybridized carbons (Fsp3) is 0.333. The van der Waals surface area contributed by atoms with Crippen LogP contribution in [-0.2, 0) is 7.05 Å². The molecule has 1 fully saturated rings. The number of anilines is 1. The minimum Gasteiger partial charge on any atom is -0.322 e. The average molecular weight is 329 g/mol. The Balaban J connectivity index is 1.69. The molecular weight excluding hydrogens is 312 g/mol. The molecule has 0 aliphatic heterocycles. The van der Waals surface area contributed by atoms with Gasteiger partial charge in [-0.15, -0.1) is 0 Å². The fourth-order valence-corrected chi connectivity index (χ4v) is 4.05. The summed E-state index contributed by atoms with van der Waals surface area (Å²) in [6.45, 7) is 4.19. The van der Waals surface area contributed by atoms with Crippen molar-refractivity contribution in [1.82, 2.24) is 9.78 Å². The van der Waals surface area contributed by atoms with Crippen LogP contribution >= 0.6 is 0 Å². The number of halogens is 2. The Morgan fingerprint density at radius 1 is 1.38 bits per heavy atom. The van der Waals surface area contributed by atoms with Crippen LogP contribution in [0.3, 0.4) is 0 Å². The highest BCUT2D eigenvalue weighted by molar-refractivity contribution is 6.05. The van der Waals surface area contributed by atoms with Gasteiger partial charge in [-0.2, -0.15) is 5.10 Å². The number of nitrogens with one attached hydrogen (secondary N) is 1. The van der Waals surface area contributed by atoms with E-state index in [0.29, 0.717) is 11.6 Å². The first-order chi connectivity index (χ1) is 11.5. The standard InChI is InChI=1S/C18H17F2N3O/c1-9-10-6-7-11(9)15-12(10)4-3-5-14(15)21-18(24)13-8-23(2)22-16(13)17(19)20/h3-5,8,10-11,17H,1,6-7H2,2H3,(H,21,24)/t10-,11+/m1/s1. The molecule has 1 aromatic heterocycles. The second-order valence-corrected chi connectivity index (χ2v) is 6.42. The van der Waals surface area contributed by atoms with Gasteiger partial charge < -0.3 is 5.32 Å². The summed E-state index contributed by atoms with van der Waals surface area (Å²) >= 11 is 0. The molecule has 2 bridgehead atoms. The number of rotatable bonds is 3. The Morgan fingerprint density at radius 2 is 2.12 bits per heavy atom. The largest absolute Gasteiger partial charge is 0.322 e. The lowest BCUT2D eigenvalue weighted by atomic mass is 9.90. The van der Waals surface area contributed by atoms with Crippen molar-refractivity contribution in [2.45, 2.75) is 31.1 Å². The molecule has 1 aromatic carbocycles. The van der Waals surface area contributed by atoms with E-state index in [-0.39, 0.29) is 11.5 Å². The van der Waals surface area contributed by atoms with Gasteiger partial charge in [0.15, 0.2) is 0 Å². The number of hydrogen-bond donors (Lipinski definition) is 1. The Labute approximate surface area is 138 Å². The van der Waals surface area contributed by atoms with E-state index in [1.54, 1.807) is 0 Å². The third kappa shape index (κ3) is 2.09. The molecule has 124 valence electrons. The number of alkyl halides is 2. The van der Waals surface area contributed by atoms with Gasteiger partial charge in [-0.25, -0.2) is 8.78 Å². The van der Waals surface area contributed by atoms with E-state index in [1.165, 1.54) is 29.1 Å². The molecule has 0 radical (unpaired) electrons. The number of hydrogen-bond acceptors (Lipinski definition) is 2. The van der Waals surface area contributed by atoms with Crippen LogP contribution in [0.25, 0.3) is 0 Å². The quantitative estimate of drug-likeness (QED) is 0.860. The van der Waals surface area contributed by atoms with Crippen LogP contribution in [-0.4, -0.2) is 15.7 Å². The summed E-state index contributed by atoms with van der Waals surface area (Å²) < 4.78 is 27.4. The van der Waals surface area contributed by atoms with Gasteiger partial charge in [-0.3, -0.25) is 9.48 Å². The number of fused-ring (bicyclic) bond motifs is 5. The van der Waals surface area contributed by atoms with E-state index < -0.39 is 18.0 Å². The zero-order valence-electron chi connectivity index (χ0n) is 13.2. The Morgan fingerprint density at radius 3 is 2.88 bits per heavy atom. The van der Waals surface area contributed by atoms with Gasteiger partial charge in [-0.1, -0.05) is 24.3 Å². The Kier molecular flexibility index (Phi) is 3.30. The van der Waals surface area contributed by atoms with Crippen molar-refractivity contribution in [2.24, 2.45) is 7.05 Å². The SMILES string of the molecule is C=C1[C@H]2CC[C@@H]1c1c(NC(=O)c3cn(C)nc3C(F)F)cccc12. The Bertz CT molecular complexity index is 856. The number of nitrogens with zero attached hydrogens (tertiary/aromatic N) is 2. The van der Waals surface area contributed by atoms with Gasteiger partial charge in [0, 0.05) is 30.8 Å². The Hall–Kier alpha value is -2.50. The van der Waals surface area contributed by atoms with Crippen molar-refractivity contribution in [2.75, 3.05) is 5.32 Å². The molecule has 24 heavy (non-hydrogen) atoms. The monoisotopic (exact) mass is 329 g/mol. The van der Waals surface area contributed by atoms with E-state index in [9.17, 15) is 13.6 Å². The summed E-state index contributed by atoms with van der Waals surface area (Å²) in [6, 6.07) is 5.78. The minimum atomic E-state index is -2.79. The van der Waals surface area contributed by atoms with Gasteiger partial charge >= 0.3 is 0 Å². The van der Waals surface area contributed by atoms with Gasteiger partial charge in [0.05, 0.1) is 5.56 Å². The van der Waals surface area contributed by atoms with Crippen molar-refractivity contribution in [3.8, 4) is 0 Å². The van der Waals surface area contributed by atoms with Crippen molar-refractivity contribution in [3.05, 3.63) is 58.9 Å². The van der Waals surface area contributed by atoms with Crippen LogP contribution in [0.15, 0.2) is 36.5 Å². The highest BCUT2D eigenvalue weighted by atomic mass is 19.3. The van der Waals surface area contributed by atoms with Gasteiger partial charge in [0.2, 0.25) is 0 Å². The normalized spacial score (nSPS) is 21.4. The number of aromatic nitrogens is 2. The third-order valence-electron chi connectivity index (χ3n) is 5.06. The summed E-state index contributed by atoms with van der Waals surface area (Å²) in [5, 5.41) is 6.49. The minimum absolute atomic E-state index is 0.0907. The zero-order chi connectivity index (χ0) is 17.0. The second-order valence-electron chi connectivity index (χ2n) is 6.42. The van der Waals surface area contributed by atoms with Crippen molar-refractivity contribution in [3.63, 3.8) is 0 Å². The molecule has 1 heterocycles. The second kappa shape index (κ2) is 5.26. The van der Waals surface area contributed by atoms with Crippen molar-refractivity contribution >= 4 is 11.6 Å². The molecule has 1 amide bonds. The first-order valence-electron chi connectivity index (χ1n) is 7.92. The van der Waals surface area contributed by atoms with Crippen LogP contribution in [0.1, 0.15) is 58.3 Å². The molecule has 2 aromatic rings. The zero-order valence-corrected chi connectivity index (χ0v) is 13.2. The maximum atomic E-state index is 13.1. The molecule has 0 spiro atoms. The number of carbonyl (C=O) groups is 1. The first-order valence-corrected chi connectivity index (χ1v) is 7.92. The predicted octanol–water partition coefficient (Wildman–Crippen LogP) is 4.14. The van der Waals surface area contributed by atoms with Crippen LogP contribution in [0.4, 0.5) is 14.5 Å². The summed E-state index contributed by atoms with van der Waals surface area (Å²) in [4.78, 5) is 12.5. The lowest BCUT2D eigenvalue weighted by Gasteiger charge is -2.18. The average Bonchev–Trinajstić information content (AvgIpc) is 3.19. The number of allylic oxidation sites excluding steroid dienone is 1. The number of amides is 1. The van der Waals surface area contributed by atoms with Gasteiger partial charge in [-0.05, 0) is 30.0 Å². The molecule has 0 unspecified atom stereocenters. The molecule has 2 atom stereocenters. The van der Waals surface area contributed by atoms with Crippen LogP contribution in [0, 0.1) is 0 Å². The summed E-state index contributed by atoms with van der Waals surface area (Å²) in [5.41, 5.74) is 3.60. The van der Waals surface area contributed by atoms with E-state index in [0.717, 1.165) is 18.4 Å². The van der Waals surface area contributed by atoms with Crippen molar-refractivity contribution < 1.29 is 13.6 Å².